The van der Waals surface area contributed by atoms with Gasteiger partial charge >= 0.3 is 0 Å². The van der Waals surface area contributed by atoms with Crippen LogP contribution in [0.1, 0.15) is 26.3 Å². The van der Waals surface area contributed by atoms with Crippen LogP contribution in [-0.4, -0.2) is 16.8 Å². The van der Waals surface area contributed by atoms with Crippen LogP contribution >= 0.6 is 0 Å². The molecule has 1 heterocycles. The van der Waals surface area contributed by atoms with E-state index in [0.717, 1.165) is 16.5 Å². The fourth-order valence-electron chi connectivity index (χ4n) is 3.12. The fourth-order valence-corrected chi connectivity index (χ4v) is 3.12. The van der Waals surface area contributed by atoms with Crippen molar-refractivity contribution in [2.24, 2.45) is 0 Å². The zero-order valence-corrected chi connectivity index (χ0v) is 15.6. The maximum absolute atomic E-state index is 13.9. The molecule has 3 N–H and O–H groups in total. The molecule has 1 aromatic heterocycles. The van der Waals surface area contributed by atoms with Gasteiger partial charge in [0.25, 0.3) is 11.8 Å². The van der Waals surface area contributed by atoms with Gasteiger partial charge in [0.15, 0.2) is 0 Å². The summed E-state index contributed by atoms with van der Waals surface area (Å²) in [5.41, 5.74) is 3.15. The first kappa shape index (κ1) is 18.4. The second-order valence-corrected chi connectivity index (χ2v) is 6.66. The molecule has 2 amide bonds. The Morgan fingerprint density at radius 1 is 0.862 bits per heavy atom. The van der Waals surface area contributed by atoms with E-state index in [4.69, 9.17) is 0 Å². The summed E-state index contributed by atoms with van der Waals surface area (Å²) in [7, 11) is 0. The molecular weight excluding hydrogens is 369 g/mol. The molecule has 0 saturated carbocycles. The summed E-state index contributed by atoms with van der Waals surface area (Å²) in [6.07, 6.45) is 1.81. The highest BCUT2D eigenvalue weighted by molar-refractivity contribution is 6.10. The molecule has 29 heavy (non-hydrogen) atoms. The third kappa shape index (κ3) is 3.73. The average Bonchev–Trinajstić information content (AvgIpc) is 3.20. The maximum atomic E-state index is 13.9. The number of nitrogens with one attached hydrogen (secondary N) is 3. The molecule has 3 aromatic carbocycles. The molecule has 0 spiro atoms. The van der Waals surface area contributed by atoms with E-state index in [0.29, 0.717) is 16.9 Å². The summed E-state index contributed by atoms with van der Waals surface area (Å²) in [6.45, 7) is 1.80. The van der Waals surface area contributed by atoms with Crippen molar-refractivity contribution >= 4 is 34.1 Å². The summed E-state index contributed by atoms with van der Waals surface area (Å²) < 4.78 is 13.9. The van der Waals surface area contributed by atoms with Crippen molar-refractivity contribution in [3.63, 3.8) is 0 Å². The molecule has 0 aliphatic heterocycles. The van der Waals surface area contributed by atoms with Crippen molar-refractivity contribution in [2.45, 2.75) is 6.92 Å². The monoisotopic (exact) mass is 387 g/mol. The Morgan fingerprint density at radius 3 is 2.48 bits per heavy atom. The highest BCUT2D eigenvalue weighted by atomic mass is 19.1. The van der Waals surface area contributed by atoms with Crippen LogP contribution in [0.5, 0.6) is 0 Å². The van der Waals surface area contributed by atoms with Gasteiger partial charge in [0.1, 0.15) is 5.82 Å². The Balaban J connectivity index is 1.58. The van der Waals surface area contributed by atoms with Gasteiger partial charge in [-0.1, -0.05) is 24.3 Å². The molecule has 0 atom stereocenters. The quantitative estimate of drug-likeness (QED) is 0.455. The van der Waals surface area contributed by atoms with Crippen LogP contribution < -0.4 is 10.6 Å². The lowest BCUT2D eigenvalue weighted by atomic mass is 10.1. The first-order chi connectivity index (χ1) is 14.0. The van der Waals surface area contributed by atoms with E-state index in [9.17, 15) is 14.0 Å². The van der Waals surface area contributed by atoms with Crippen molar-refractivity contribution < 1.29 is 14.0 Å². The number of halogens is 1. The number of aromatic amines is 1. The van der Waals surface area contributed by atoms with Gasteiger partial charge in [0.05, 0.1) is 11.3 Å². The van der Waals surface area contributed by atoms with Gasteiger partial charge in [0, 0.05) is 28.4 Å². The lowest BCUT2D eigenvalue weighted by Gasteiger charge is -2.12. The lowest BCUT2D eigenvalue weighted by molar-refractivity contribution is 0.101. The largest absolute Gasteiger partial charge is 0.361 e. The van der Waals surface area contributed by atoms with Gasteiger partial charge in [0.2, 0.25) is 0 Å². The summed E-state index contributed by atoms with van der Waals surface area (Å²) in [4.78, 5) is 28.3. The number of anilines is 2. The molecule has 0 aliphatic carbocycles. The predicted molar refractivity (Wildman–Crippen MR) is 112 cm³/mol. The molecule has 0 saturated heterocycles. The van der Waals surface area contributed by atoms with Crippen LogP contribution in [0.3, 0.4) is 0 Å². The highest BCUT2D eigenvalue weighted by Crippen LogP contribution is 2.24. The summed E-state index contributed by atoms with van der Waals surface area (Å²) >= 11 is 0. The number of hydrogen-bond acceptors (Lipinski definition) is 2. The van der Waals surface area contributed by atoms with E-state index in [1.807, 2.05) is 30.5 Å². The Kier molecular flexibility index (Phi) is 4.83. The van der Waals surface area contributed by atoms with Crippen LogP contribution in [0.25, 0.3) is 10.9 Å². The minimum Gasteiger partial charge on any atom is -0.361 e. The number of hydrogen-bond donors (Lipinski definition) is 3. The molecule has 0 radical (unpaired) electrons. The van der Waals surface area contributed by atoms with Gasteiger partial charge in [-0.2, -0.15) is 0 Å². The molecule has 4 rings (SSSR count). The minimum absolute atomic E-state index is 0.0547. The number of amides is 2. The van der Waals surface area contributed by atoms with Crippen molar-refractivity contribution in [2.75, 3.05) is 10.6 Å². The minimum atomic E-state index is -0.601. The van der Waals surface area contributed by atoms with Gasteiger partial charge < -0.3 is 15.6 Å². The number of aromatic nitrogens is 1. The van der Waals surface area contributed by atoms with E-state index >= 15 is 0 Å². The maximum Gasteiger partial charge on any atom is 0.258 e. The van der Waals surface area contributed by atoms with E-state index in [1.54, 1.807) is 31.2 Å². The Morgan fingerprint density at radius 2 is 1.66 bits per heavy atom. The third-order valence-corrected chi connectivity index (χ3v) is 4.71. The lowest BCUT2D eigenvalue weighted by Crippen LogP contribution is -2.16. The Hall–Kier alpha value is -3.93. The number of aryl methyl sites for hydroxylation is 1. The Bertz CT molecular complexity index is 1230. The third-order valence-electron chi connectivity index (χ3n) is 4.71. The summed E-state index contributed by atoms with van der Waals surface area (Å²) in [5.74, 6) is -1.47. The molecule has 0 aliphatic rings. The van der Waals surface area contributed by atoms with Crippen molar-refractivity contribution in [1.82, 2.24) is 4.98 Å². The van der Waals surface area contributed by atoms with Gasteiger partial charge in [-0.3, -0.25) is 9.59 Å². The van der Waals surface area contributed by atoms with Crippen molar-refractivity contribution in [3.05, 3.63) is 95.4 Å². The molecule has 5 nitrogen and oxygen atoms in total. The predicted octanol–water partition coefficient (Wildman–Crippen LogP) is 5.12. The molecule has 144 valence electrons. The number of carbonyl (C=O) groups excluding carboxylic acids is 2. The second-order valence-electron chi connectivity index (χ2n) is 6.66. The first-order valence-corrected chi connectivity index (χ1v) is 9.07. The van der Waals surface area contributed by atoms with Crippen molar-refractivity contribution in [3.8, 4) is 0 Å². The molecule has 0 bridgehead atoms. The SMILES string of the molecule is Cc1ccc(C(=O)Nc2cccc3[nH]ccc23)cc1NC(=O)c1ccccc1F. The normalized spacial score (nSPS) is 10.7. The summed E-state index contributed by atoms with van der Waals surface area (Å²) in [5, 5.41) is 6.49. The molecular formula is C23H18FN3O2. The van der Waals surface area contributed by atoms with Crippen LogP contribution in [0.4, 0.5) is 15.8 Å². The molecule has 6 heteroatoms. The van der Waals surface area contributed by atoms with E-state index in [2.05, 4.69) is 15.6 Å². The summed E-state index contributed by atoms with van der Waals surface area (Å²) in [6, 6.07) is 18.2. The van der Waals surface area contributed by atoms with Crippen molar-refractivity contribution in [1.29, 1.82) is 0 Å². The van der Waals surface area contributed by atoms with Gasteiger partial charge in [-0.15, -0.1) is 0 Å². The standard InChI is InChI=1S/C23H18FN3O2/c1-14-9-10-15(13-21(14)27-23(29)16-5-2-3-6-18(16)24)22(28)26-20-8-4-7-19-17(20)11-12-25-19/h2-13,25H,1H3,(H,26,28)(H,27,29). The topological polar surface area (TPSA) is 74.0 Å². The van der Waals surface area contributed by atoms with Crippen LogP contribution in [0.15, 0.2) is 72.9 Å². The van der Waals surface area contributed by atoms with Crippen LogP contribution in [0, 0.1) is 12.7 Å². The van der Waals surface area contributed by atoms with Gasteiger partial charge in [-0.25, -0.2) is 4.39 Å². The van der Waals surface area contributed by atoms with E-state index in [1.165, 1.54) is 18.2 Å². The molecule has 4 aromatic rings. The molecule has 0 fully saturated rings. The fraction of sp³-hybridized carbons (Fsp3) is 0.0435. The van der Waals surface area contributed by atoms with Gasteiger partial charge in [-0.05, 0) is 55.0 Å². The number of benzene rings is 3. The highest BCUT2D eigenvalue weighted by Gasteiger charge is 2.15. The number of carbonyl (C=O) groups is 2. The van der Waals surface area contributed by atoms with Crippen LogP contribution in [-0.2, 0) is 0 Å². The molecule has 0 unspecified atom stereocenters. The number of fused-ring (bicyclic) bond motifs is 1. The smallest absolute Gasteiger partial charge is 0.258 e. The number of rotatable bonds is 4. The number of H-pyrrole nitrogens is 1. The van der Waals surface area contributed by atoms with E-state index in [-0.39, 0.29) is 11.5 Å². The average molecular weight is 387 g/mol. The second kappa shape index (κ2) is 7.59. The Labute approximate surface area is 166 Å². The first-order valence-electron chi connectivity index (χ1n) is 9.07. The zero-order chi connectivity index (χ0) is 20.4. The zero-order valence-electron chi connectivity index (χ0n) is 15.6. The van der Waals surface area contributed by atoms with Crippen LogP contribution in [0.2, 0.25) is 0 Å². The van der Waals surface area contributed by atoms with E-state index < -0.39 is 11.7 Å².